The number of rotatable bonds is 4. The smallest absolute Gasteiger partial charge is 0.387 e. The molecule has 1 saturated heterocycles. The Kier molecular flexibility index (Phi) is 5.53. The van der Waals surface area contributed by atoms with Crippen LogP contribution in [-0.4, -0.2) is 55.3 Å². The van der Waals surface area contributed by atoms with Crippen molar-refractivity contribution in [3.05, 3.63) is 35.1 Å². The number of aromatic nitrogens is 3. The van der Waals surface area contributed by atoms with Gasteiger partial charge in [0.25, 0.3) is 5.56 Å². The number of halogens is 3. The summed E-state index contributed by atoms with van der Waals surface area (Å²) in [4.78, 5) is 34.8. The summed E-state index contributed by atoms with van der Waals surface area (Å²) in [6.07, 6.45) is 1.57. The highest BCUT2D eigenvalue weighted by Gasteiger charge is 2.55. The van der Waals surface area contributed by atoms with E-state index in [-0.39, 0.29) is 31.6 Å². The monoisotopic (exact) mass is 438 g/mol. The van der Waals surface area contributed by atoms with Crippen LogP contribution in [0.15, 0.2) is 29.6 Å². The lowest BCUT2D eigenvalue weighted by Crippen LogP contribution is -2.62. The summed E-state index contributed by atoms with van der Waals surface area (Å²) >= 11 is 0. The summed E-state index contributed by atoms with van der Waals surface area (Å²) in [6, 6.07) is 1.69. The highest BCUT2D eigenvalue weighted by atomic mass is 19.4. The van der Waals surface area contributed by atoms with Crippen LogP contribution in [0.25, 0.3) is 10.9 Å². The van der Waals surface area contributed by atoms with Crippen molar-refractivity contribution < 1.29 is 23.1 Å². The molecule has 0 bridgehead atoms. The second kappa shape index (κ2) is 7.89. The molecule has 2 aromatic heterocycles. The van der Waals surface area contributed by atoms with Gasteiger partial charge in [0.15, 0.2) is 0 Å². The average molecular weight is 438 g/mol. The van der Waals surface area contributed by atoms with Crippen molar-refractivity contribution in [3.8, 4) is 0 Å². The molecule has 1 amide bonds. The Morgan fingerprint density at radius 3 is 2.68 bits per heavy atom. The zero-order valence-corrected chi connectivity index (χ0v) is 17.1. The number of alkyl halides is 3. The SMILES string of the molecule is O=C(CCC(F)(F)F)N1CCC(O)(Cn2ccc3ncncc3c2=O)C2(CCCC2)C1. The number of nitrogens with zero attached hydrogens (tertiary/aromatic N) is 4. The maximum Gasteiger partial charge on any atom is 0.389 e. The lowest BCUT2D eigenvalue weighted by molar-refractivity contribution is -0.166. The highest BCUT2D eigenvalue weighted by Crippen LogP contribution is 2.51. The minimum atomic E-state index is -4.38. The first-order valence-corrected chi connectivity index (χ1v) is 10.5. The standard InChI is InChI=1S/C21H25F3N4O3/c22-21(23,24)7-3-17(29)27-10-8-20(31,19(12-27)5-1-2-6-19)13-28-9-4-16-15(18(28)30)11-25-14-26-16/h4,9,11,14,31H,1-3,5-8,10,12-13H2. The minimum Gasteiger partial charge on any atom is -0.387 e. The fraction of sp³-hybridized carbons (Fsp3) is 0.619. The average Bonchev–Trinajstić information content (AvgIpc) is 3.20. The molecule has 3 heterocycles. The molecule has 1 spiro atoms. The Bertz CT molecular complexity index is 1030. The van der Waals surface area contributed by atoms with Gasteiger partial charge >= 0.3 is 6.18 Å². The van der Waals surface area contributed by atoms with Crippen LogP contribution in [-0.2, 0) is 11.3 Å². The third-order valence-electron chi connectivity index (χ3n) is 6.89. The summed E-state index contributed by atoms with van der Waals surface area (Å²) < 4.78 is 39.1. The summed E-state index contributed by atoms with van der Waals surface area (Å²) in [6.45, 7) is 0.438. The first-order valence-electron chi connectivity index (χ1n) is 10.5. The topological polar surface area (TPSA) is 88.3 Å². The van der Waals surface area contributed by atoms with E-state index in [4.69, 9.17) is 0 Å². The van der Waals surface area contributed by atoms with E-state index in [0.29, 0.717) is 23.7 Å². The lowest BCUT2D eigenvalue weighted by Gasteiger charge is -2.52. The van der Waals surface area contributed by atoms with Gasteiger partial charge in [0.1, 0.15) is 6.33 Å². The molecule has 10 heteroatoms. The van der Waals surface area contributed by atoms with E-state index in [1.165, 1.54) is 22.0 Å². The summed E-state index contributed by atoms with van der Waals surface area (Å²) in [7, 11) is 0. The van der Waals surface area contributed by atoms with E-state index >= 15 is 0 Å². The quantitative estimate of drug-likeness (QED) is 0.793. The van der Waals surface area contributed by atoms with Crippen molar-refractivity contribution in [1.82, 2.24) is 19.4 Å². The van der Waals surface area contributed by atoms with Crippen molar-refractivity contribution >= 4 is 16.8 Å². The molecule has 4 rings (SSSR count). The number of piperidine rings is 1. The lowest BCUT2D eigenvalue weighted by atomic mass is 9.65. The van der Waals surface area contributed by atoms with Crippen LogP contribution in [0.4, 0.5) is 13.2 Å². The van der Waals surface area contributed by atoms with Gasteiger partial charge in [-0.3, -0.25) is 9.59 Å². The van der Waals surface area contributed by atoms with Crippen LogP contribution >= 0.6 is 0 Å². The number of amides is 1. The van der Waals surface area contributed by atoms with Crippen LogP contribution in [0.2, 0.25) is 0 Å². The Labute approximate surface area is 176 Å². The molecule has 0 aromatic carbocycles. The van der Waals surface area contributed by atoms with Gasteiger partial charge < -0.3 is 14.6 Å². The maximum absolute atomic E-state index is 12.9. The third-order valence-corrected chi connectivity index (χ3v) is 6.89. The largest absolute Gasteiger partial charge is 0.389 e. The second-order valence-corrected chi connectivity index (χ2v) is 8.77. The van der Waals surface area contributed by atoms with Crippen LogP contribution in [0, 0.1) is 5.41 Å². The van der Waals surface area contributed by atoms with Crippen molar-refractivity contribution in [2.75, 3.05) is 13.1 Å². The zero-order chi connectivity index (χ0) is 22.3. The van der Waals surface area contributed by atoms with Gasteiger partial charge in [-0.25, -0.2) is 9.97 Å². The van der Waals surface area contributed by atoms with Gasteiger partial charge in [-0.2, -0.15) is 13.2 Å². The fourth-order valence-corrected chi connectivity index (χ4v) is 5.14. The molecule has 1 atom stereocenters. The van der Waals surface area contributed by atoms with E-state index in [0.717, 1.165) is 12.8 Å². The molecule has 2 aliphatic rings. The van der Waals surface area contributed by atoms with Crippen molar-refractivity contribution in [2.45, 2.75) is 63.3 Å². The number of pyridine rings is 1. The third kappa shape index (κ3) is 4.17. The Morgan fingerprint density at radius 2 is 1.97 bits per heavy atom. The number of carbonyl (C=O) groups is 1. The molecule has 7 nitrogen and oxygen atoms in total. The van der Waals surface area contributed by atoms with E-state index in [2.05, 4.69) is 9.97 Å². The summed E-state index contributed by atoms with van der Waals surface area (Å²) in [5.41, 5.74) is -1.66. The van der Waals surface area contributed by atoms with Gasteiger partial charge in [-0.05, 0) is 25.3 Å². The van der Waals surface area contributed by atoms with E-state index in [1.807, 2.05) is 0 Å². The molecule has 0 radical (unpaired) electrons. The first-order chi connectivity index (χ1) is 14.6. The molecule has 1 saturated carbocycles. The van der Waals surface area contributed by atoms with Crippen LogP contribution in [0.5, 0.6) is 0 Å². The molecule has 1 N–H and O–H groups in total. The molecule has 1 aliphatic heterocycles. The predicted molar refractivity (Wildman–Crippen MR) is 106 cm³/mol. The second-order valence-electron chi connectivity index (χ2n) is 8.77. The van der Waals surface area contributed by atoms with Crippen LogP contribution < -0.4 is 5.56 Å². The summed E-state index contributed by atoms with van der Waals surface area (Å²) in [5, 5.41) is 12.1. The van der Waals surface area contributed by atoms with Gasteiger partial charge in [0, 0.05) is 37.3 Å². The van der Waals surface area contributed by atoms with E-state index in [9.17, 15) is 27.9 Å². The Morgan fingerprint density at radius 1 is 1.23 bits per heavy atom. The molecule has 1 unspecified atom stereocenters. The molecular formula is C21H25F3N4O3. The molecular weight excluding hydrogens is 413 g/mol. The van der Waals surface area contributed by atoms with Gasteiger partial charge in [-0.1, -0.05) is 12.8 Å². The number of fused-ring (bicyclic) bond motifs is 1. The minimum absolute atomic E-state index is 0.0568. The van der Waals surface area contributed by atoms with Gasteiger partial charge in [0.2, 0.25) is 5.91 Å². The highest BCUT2D eigenvalue weighted by molar-refractivity contribution is 5.76. The van der Waals surface area contributed by atoms with E-state index in [1.54, 1.807) is 12.3 Å². The number of likely N-dealkylation sites (tertiary alicyclic amines) is 1. The van der Waals surface area contributed by atoms with Gasteiger partial charge in [0.05, 0.1) is 29.5 Å². The summed E-state index contributed by atoms with van der Waals surface area (Å²) in [5.74, 6) is -0.536. The number of hydrogen-bond acceptors (Lipinski definition) is 5. The zero-order valence-electron chi connectivity index (χ0n) is 17.1. The van der Waals surface area contributed by atoms with Gasteiger partial charge in [-0.15, -0.1) is 0 Å². The fourth-order valence-electron chi connectivity index (χ4n) is 5.14. The molecule has 168 valence electrons. The van der Waals surface area contributed by atoms with Crippen molar-refractivity contribution in [1.29, 1.82) is 0 Å². The van der Waals surface area contributed by atoms with E-state index < -0.39 is 35.9 Å². The molecule has 2 fully saturated rings. The van der Waals surface area contributed by atoms with Crippen LogP contribution in [0.3, 0.4) is 0 Å². The maximum atomic E-state index is 12.9. The molecule has 1 aliphatic carbocycles. The van der Waals surface area contributed by atoms with Crippen LogP contribution in [0.1, 0.15) is 44.9 Å². The van der Waals surface area contributed by atoms with Crippen molar-refractivity contribution in [2.24, 2.45) is 5.41 Å². The molecule has 2 aromatic rings. The predicted octanol–water partition coefficient (Wildman–Crippen LogP) is 2.66. The van der Waals surface area contributed by atoms with Crippen molar-refractivity contribution in [3.63, 3.8) is 0 Å². The number of carbonyl (C=O) groups excluding carboxylic acids is 1. The molecule has 31 heavy (non-hydrogen) atoms. The Balaban J connectivity index is 1.58. The Hall–Kier alpha value is -2.49. The number of aliphatic hydroxyl groups is 1. The number of hydrogen-bond donors (Lipinski definition) is 1. The normalized spacial score (nSPS) is 23.5. The first kappa shape index (κ1) is 21.7.